The number of hydrogen-bond donors (Lipinski definition) is 15. The molecule has 1 heterocycles. The summed E-state index contributed by atoms with van der Waals surface area (Å²) in [7, 11) is 3.67. The number of aliphatic hydroxyl groups excluding tert-OH is 11. The predicted octanol–water partition coefficient (Wildman–Crippen LogP) is -7.14. The predicted molar refractivity (Wildman–Crippen MR) is 198 cm³/mol. The standard InChI is InChI=1S/C14H28N2O7.C11H24N2O6.C7H12O6.CH4.FH/c1-3-10(19)15-6-4-5-7-16-14(22)12(21)11(20)13(23-2)9(18)8-17;1-19-10(7(15)6-14)8(16)9(17)11(18)13-5-3-2-4-12;1-12-6-3(2-8)13-7(11)5(10)4(6)9;;/h9,11-13,17-18,20-21H,3-8H2,1-2H3,(H,15,19)(H,16,22);7-10,14-17H,2-6,12H2,1H3,(H,13,18);3-6,8-10H,2H2,1H3;1H4;1H/t9?,11-,12?,13-;7?,8-,9?,10-;3?,4-,5?,6-;;/m111../s1. The fourth-order valence-electron chi connectivity index (χ4n) is 4.69. The zero-order valence-electron chi connectivity index (χ0n) is 32.1. The van der Waals surface area contributed by atoms with Crippen LogP contribution in [0.2, 0.25) is 0 Å². The molecule has 1 aliphatic rings. The van der Waals surface area contributed by atoms with Crippen molar-refractivity contribution in [3.8, 4) is 0 Å². The lowest BCUT2D eigenvalue weighted by atomic mass is 10.00. The molecule has 0 aromatic carbocycles. The molecule has 3 amide bonds. The number of halogens is 1. The Hall–Kier alpha value is -2.79. The van der Waals surface area contributed by atoms with E-state index in [4.69, 9.17) is 40.4 Å². The van der Waals surface area contributed by atoms with E-state index in [0.717, 1.165) is 6.42 Å². The second-order valence-corrected chi connectivity index (χ2v) is 12.1. The Labute approximate surface area is 331 Å². The number of carbonyl (C=O) groups excluding carboxylic acids is 4. The van der Waals surface area contributed by atoms with Gasteiger partial charge >= 0.3 is 5.97 Å². The minimum atomic E-state index is -1.79. The van der Waals surface area contributed by atoms with Gasteiger partial charge in [0.2, 0.25) is 5.91 Å². The zero-order chi connectivity index (χ0) is 42.7. The number of unbranched alkanes of at least 4 members (excludes halogenated alkanes) is 2. The fourth-order valence-corrected chi connectivity index (χ4v) is 4.69. The van der Waals surface area contributed by atoms with E-state index < -0.39 is 111 Å². The summed E-state index contributed by atoms with van der Waals surface area (Å²) in [6.07, 6.45) is -13.9. The van der Waals surface area contributed by atoms with Gasteiger partial charge in [0.15, 0.2) is 24.4 Å². The Kier molecular flexibility index (Phi) is 37.6. The van der Waals surface area contributed by atoms with Gasteiger partial charge in [-0.1, -0.05) is 14.4 Å². The Morgan fingerprint density at radius 2 is 1.16 bits per heavy atom. The van der Waals surface area contributed by atoms with E-state index >= 15 is 0 Å². The van der Waals surface area contributed by atoms with E-state index in [2.05, 4.69) is 20.7 Å². The Morgan fingerprint density at radius 1 is 0.754 bits per heavy atom. The van der Waals surface area contributed by atoms with Gasteiger partial charge in [0.25, 0.3) is 11.8 Å². The number of ether oxygens (including phenoxy) is 4. The quantitative estimate of drug-likeness (QED) is 0.0317. The average molecular weight is 845 g/mol. The van der Waals surface area contributed by atoms with Crippen LogP contribution in [0, 0.1) is 0 Å². The monoisotopic (exact) mass is 844 g/mol. The van der Waals surface area contributed by atoms with Gasteiger partial charge in [-0.15, -0.1) is 0 Å². The molecular weight excluding hydrogens is 775 g/mol. The zero-order valence-corrected chi connectivity index (χ0v) is 32.1. The van der Waals surface area contributed by atoms with E-state index in [9.17, 15) is 54.9 Å². The normalized spacial score (nSPS) is 21.6. The Bertz CT molecular complexity index is 1060. The first kappa shape index (κ1) is 60.9. The molecule has 0 saturated carbocycles. The highest BCUT2D eigenvalue weighted by molar-refractivity contribution is 5.81. The minimum absolute atomic E-state index is 0. The largest absolute Gasteiger partial charge is 0.455 e. The van der Waals surface area contributed by atoms with Crippen molar-refractivity contribution >= 4 is 23.7 Å². The summed E-state index contributed by atoms with van der Waals surface area (Å²) in [6.45, 7) is 1.59. The maximum Gasteiger partial charge on any atom is 0.338 e. The van der Waals surface area contributed by atoms with Crippen molar-refractivity contribution in [1.82, 2.24) is 16.0 Å². The molecule has 0 bridgehead atoms. The summed E-state index contributed by atoms with van der Waals surface area (Å²) in [5.41, 5.74) is 5.29. The van der Waals surface area contributed by atoms with Crippen LogP contribution in [-0.4, -0.2) is 220 Å². The average Bonchev–Trinajstić information content (AvgIpc) is 3.19. The second-order valence-electron chi connectivity index (χ2n) is 12.1. The third-order valence-corrected chi connectivity index (χ3v) is 8.00. The lowest BCUT2D eigenvalue weighted by Gasteiger charge is -2.35. The highest BCUT2D eigenvalue weighted by Gasteiger charge is 2.44. The molecule has 0 aromatic heterocycles. The first-order chi connectivity index (χ1) is 26.0. The van der Waals surface area contributed by atoms with E-state index in [1.54, 1.807) is 6.92 Å². The van der Waals surface area contributed by atoms with Gasteiger partial charge in [0, 0.05) is 47.4 Å². The number of esters is 1. The van der Waals surface area contributed by atoms with Crippen molar-refractivity contribution in [3.63, 3.8) is 0 Å². The van der Waals surface area contributed by atoms with Crippen LogP contribution in [0.25, 0.3) is 0 Å². The first-order valence-electron chi connectivity index (χ1n) is 17.6. The molecule has 1 saturated heterocycles. The lowest BCUT2D eigenvalue weighted by molar-refractivity contribution is -0.211. The van der Waals surface area contributed by atoms with Crippen LogP contribution in [0.1, 0.15) is 46.5 Å². The van der Waals surface area contributed by atoms with Gasteiger partial charge in [-0.3, -0.25) is 19.1 Å². The minimum Gasteiger partial charge on any atom is -0.455 e. The summed E-state index contributed by atoms with van der Waals surface area (Å²) in [5, 5.41) is 110. The fraction of sp³-hybridized carbons (Fsp3) is 0.879. The third-order valence-electron chi connectivity index (χ3n) is 8.00. The first-order valence-corrected chi connectivity index (χ1v) is 17.6. The molecule has 342 valence electrons. The van der Waals surface area contributed by atoms with Crippen LogP contribution in [-0.2, 0) is 38.1 Å². The highest BCUT2D eigenvalue weighted by atomic mass is 19.0. The smallest absolute Gasteiger partial charge is 0.338 e. The summed E-state index contributed by atoms with van der Waals surface area (Å²) >= 11 is 0. The van der Waals surface area contributed by atoms with Crippen molar-refractivity contribution in [1.29, 1.82) is 0 Å². The van der Waals surface area contributed by atoms with Gasteiger partial charge < -0.3 is 96.8 Å². The number of nitrogens with two attached hydrogens (primary N) is 1. The Balaban J connectivity index is -0.000000375. The van der Waals surface area contributed by atoms with Crippen molar-refractivity contribution in [2.24, 2.45) is 5.73 Å². The molecule has 1 fully saturated rings. The van der Waals surface area contributed by atoms with Crippen LogP contribution in [0.15, 0.2) is 0 Å². The van der Waals surface area contributed by atoms with Crippen molar-refractivity contribution in [2.75, 3.05) is 67.3 Å². The molecule has 0 spiro atoms. The number of hydrogen-bond acceptors (Lipinski definition) is 20. The van der Waals surface area contributed by atoms with Crippen LogP contribution in [0.4, 0.5) is 4.70 Å². The van der Waals surface area contributed by atoms with E-state index in [1.807, 2.05) is 0 Å². The number of methoxy groups -OCH3 is 3. The van der Waals surface area contributed by atoms with Gasteiger partial charge in [0.05, 0.1) is 19.8 Å². The maximum atomic E-state index is 11.7. The molecule has 0 aliphatic carbocycles. The number of cyclic esters (lactones) is 1. The van der Waals surface area contributed by atoms with Gasteiger partial charge in [-0.2, -0.15) is 0 Å². The van der Waals surface area contributed by atoms with Gasteiger partial charge in [0.1, 0.15) is 48.8 Å². The van der Waals surface area contributed by atoms with Crippen LogP contribution in [0.3, 0.4) is 0 Å². The molecular formula is C33H69FN4O19. The molecule has 1 rings (SSSR count). The van der Waals surface area contributed by atoms with Gasteiger partial charge in [-0.25, -0.2) is 4.79 Å². The van der Waals surface area contributed by atoms with Gasteiger partial charge in [-0.05, 0) is 32.2 Å². The summed E-state index contributed by atoms with van der Waals surface area (Å²) < 4.78 is 18.9. The SMILES string of the molecule is C.CCC(=O)NCCCCNC(=O)C(O)[C@@H](O)[C@H](OC)C(O)CO.CO[C@@H]1C(CO)OC(=O)C(O)[C@H]1O.CO[C@H](C(O)CO)[C@H](O)C(O)C(=O)NCCCCN.F. The van der Waals surface area contributed by atoms with Crippen LogP contribution >= 0.6 is 0 Å². The molecule has 6 unspecified atom stereocenters. The Morgan fingerprint density at radius 3 is 1.49 bits per heavy atom. The van der Waals surface area contributed by atoms with Crippen LogP contribution in [0.5, 0.6) is 0 Å². The molecule has 24 heteroatoms. The number of carbonyl (C=O) groups is 4. The number of nitrogens with one attached hydrogen (secondary N) is 3. The summed E-state index contributed by atoms with van der Waals surface area (Å²) in [4.78, 5) is 45.1. The maximum absolute atomic E-state index is 11.7. The molecule has 1 aliphatic heterocycles. The molecule has 12 atom stereocenters. The van der Waals surface area contributed by atoms with Crippen molar-refractivity contribution < 1.29 is 99.0 Å². The second kappa shape index (κ2) is 35.2. The molecule has 0 radical (unpaired) electrons. The number of amides is 3. The molecule has 23 nitrogen and oxygen atoms in total. The van der Waals surface area contributed by atoms with E-state index in [0.29, 0.717) is 45.3 Å². The highest BCUT2D eigenvalue weighted by Crippen LogP contribution is 2.18. The van der Waals surface area contributed by atoms with E-state index in [-0.39, 0.29) is 24.6 Å². The third kappa shape index (κ3) is 22.8. The van der Waals surface area contributed by atoms with Crippen molar-refractivity contribution in [2.45, 2.75) is 120 Å². The van der Waals surface area contributed by atoms with Crippen molar-refractivity contribution in [3.05, 3.63) is 0 Å². The summed E-state index contributed by atoms with van der Waals surface area (Å²) in [5.74, 6) is -2.56. The lowest BCUT2D eigenvalue weighted by Crippen LogP contribution is -2.57. The molecule has 0 aromatic rings. The number of aliphatic hydroxyl groups is 11. The number of rotatable bonds is 24. The topological polar surface area (TPSA) is 390 Å². The summed E-state index contributed by atoms with van der Waals surface area (Å²) in [6, 6.07) is 0. The molecule has 16 N–H and O–H groups in total. The van der Waals surface area contributed by atoms with E-state index in [1.165, 1.54) is 21.3 Å². The van der Waals surface area contributed by atoms with Crippen LogP contribution < -0.4 is 21.7 Å². The molecule has 57 heavy (non-hydrogen) atoms.